The fourth-order valence-corrected chi connectivity index (χ4v) is 1.60. The lowest BCUT2D eigenvalue weighted by atomic mass is 10.3. The van der Waals surface area contributed by atoms with E-state index in [4.69, 9.17) is 27.9 Å². The zero-order valence-electron chi connectivity index (χ0n) is 9.43. The molecule has 0 saturated carbocycles. The molecule has 0 saturated heterocycles. The molecule has 1 aromatic heterocycles. The third-order valence-electron chi connectivity index (χ3n) is 2.12. The lowest BCUT2D eigenvalue weighted by Gasteiger charge is -2.01. The number of hydrogen-bond acceptors (Lipinski definition) is 4. The molecule has 0 aliphatic rings. The number of nitrogens with zero attached hydrogens (tertiary/aromatic N) is 3. The van der Waals surface area contributed by atoms with Crippen molar-refractivity contribution in [1.29, 1.82) is 0 Å². The minimum Gasteiger partial charge on any atom is -0.460 e. The van der Waals surface area contributed by atoms with Gasteiger partial charge in [-0.25, -0.2) is 14.5 Å². The third kappa shape index (κ3) is 2.63. The normalized spacial score (nSPS) is 10.4. The van der Waals surface area contributed by atoms with Gasteiger partial charge in [-0.1, -0.05) is 23.2 Å². The average Bonchev–Trinajstić information content (AvgIpc) is 2.82. The molecule has 0 atom stereocenters. The standard InChI is InChI=1S/C11H9Cl2N3O2/c1-2-18-11(17)10-14-6-16(15-10)7-3-4-8(12)9(13)5-7/h3-6H,2H2,1H3. The first-order valence-corrected chi connectivity index (χ1v) is 5.91. The molecule has 0 amide bonds. The summed E-state index contributed by atoms with van der Waals surface area (Å²) in [6.07, 6.45) is 1.41. The molecule has 1 heterocycles. The van der Waals surface area contributed by atoms with Crippen molar-refractivity contribution < 1.29 is 9.53 Å². The molecule has 0 bridgehead atoms. The van der Waals surface area contributed by atoms with Crippen LogP contribution < -0.4 is 0 Å². The summed E-state index contributed by atoms with van der Waals surface area (Å²) in [5, 5.41) is 4.85. The molecular weight excluding hydrogens is 277 g/mol. The van der Waals surface area contributed by atoms with Gasteiger partial charge in [-0.05, 0) is 25.1 Å². The largest absolute Gasteiger partial charge is 0.460 e. The van der Waals surface area contributed by atoms with Gasteiger partial charge < -0.3 is 4.74 Å². The van der Waals surface area contributed by atoms with Crippen molar-refractivity contribution in [2.24, 2.45) is 0 Å². The van der Waals surface area contributed by atoms with Crippen molar-refractivity contribution in [3.05, 3.63) is 40.4 Å². The van der Waals surface area contributed by atoms with Crippen LogP contribution >= 0.6 is 23.2 Å². The Hall–Kier alpha value is -1.59. The topological polar surface area (TPSA) is 57.0 Å². The molecule has 5 nitrogen and oxygen atoms in total. The second-order valence-corrected chi connectivity index (χ2v) is 4.15. The van der Waals surface area contributed by atoms with Gasteiger partial charge in [0, 0.05) is 0 Å². The number of aromatic nitrogens is 3. The van der Waals surface area contributed by atoms with Crippen LogP contribution in [-0.4, -0.2) is 27.3 Å². The predicted octanol–water partition coefficient (Wildman–Crippen LogP) is 2.75. The summed E-state index contributed by atoms with van der Waals surface area (Å²) >= 11 is 11.7. The summed E-state index contributed by atoms with van der Waals surface area (Å²) in [6, 6.07) is 5.00. The smallest absolute Gasteiger partial charge is 0.378 e. The molecule has 0 N–H and O–H groups in total. The van der Waals surface area contributed by atoms with E-state index in [0.29, 0.717) is 15.7 Å². The Labute approximate surface area is 113 Å². The first-order chi connectivity index (χ1) is 8.61. The van der Waals surface area contributed by atoms with E-state index in [1.807, 2.05) is 0 Å². The highest BCUT2D eigenvalue weighted by Crippen LogP contribution is 2.23. The van der Waals surface area contributed by atoms with Crippen molar-refractivity contribution in [3.63, 3.8) is 0 Å². The van der Waals surface area contributed by atoms with E-state index in [9.17, 15) is 4.79 Å². The SMILES string of the molecule is CCOC(=O)c1ncn(-c2ccc(Cl)c(Cl)c2)n1. The van der Waals surface area contributed by atoms with Crippen LogP contribution in [-0.2, 0) is 4.74 Å². The number of benzene rings is 1. The van der Waals surface area contributed by atoms with Crippen molar-refractivity contribution in [3.8, 4) is 5.69 Å². The van der Waals surface area contributed by atoms with Gasteiger partial charge in [0.05, 0.1) is 22.3 Å². The van der Waals surface area contributed by atoms with Crippen LogP contribution in [0.2, 0.25) is 10.0 Å². The van der Waals surface area contributed by atoms with E-state index in [1.165, 1.54) is 11.0 Å². The van der Waals surface area contributed by atoms with Gasteiger partial charge in [0.25, 0.3) is 5.82 Å². The summed E-state index contributed by atoms with van der Waals surface area (Å²) in [4.78, 5) is 15.3. The summed E-state index contributed by atoms with van der Waals surface area (Å²) < 4.78 is 6.22. The minimum absolute atomic E-state index is 0.00271. The molecule has 7 heteroatoms. The van der Waals surface area contributed by atoms with E-state index in [-0.39, 0.29) is 12.4 Å². The van der Waals surface area contributed by atoms with E-state index < -0.39 is 5.97 Å². The maximum absolute atomic E-state index is 11.4. The van der Waals surface area contributed by atoms with Gasteiger partial charge in [0.2, 0.25) is 0 Å². The molecule has 0 unspecified atom stereocenters. The molecule has 1 aromatic carbocycles. The number of esters is 1. The number of carbonyl (C=O) groups is 1. The van der Waals surface area contributed by atoms with Crippen LogP contribution in [0.4, 0.5) is 0 Å². The highest BCUT2D eigenvalue weighted by atomic mass is 35.5. The summed E-state index contributed by atoms with van der Waals surface area (Å²) in [5.41, 5.74) is 0.660. The first-order valence-electron chi connectivity index (χ1n) is 5.16. The third-order valence-corrected chi connectivity index (χ3v) is 2.86. The minimum atomic E-state index is -0.559. The highest BCUT2D eigenvalue weighted by molar-refractivity contribution is 6.42. The first kappa shape index (κ1) is 12.9. The Morgan fingerprint density at radius 1 is 1.39 bits per heavy atom. The van der Waals surface area contributed by atoms with Gasteiger partial charge in [0.1, 0.15) is 6.33 Å². The number of hydrogen-bond donors (Lipinski definition) is 0. The van der Waals surface area contributed by atoms with Gasteiger partial charge in [0.15, 0.2) is 0 Å². The van der Waals surface area contributed by atoms with Gasteiger partial charge >= 0.3 is 5.97 Å². The summed E-state index contributed by atoms with van der Waals surface area (Å²) in [5.74, 6) is -0.556. The van der Waals surface area contributed by atoms with Crippen molar-refractivity contribution in [2.75, 3.05) is 6.61 Å². The molecule has 94 valence electrons. The maximum Gasteiger partial charge on any atom is 0.378 e. The van der Waals surface area contributed by atoms with Gasteiger partial charge in [-0.3, -0.25) is 0 Å². The Bertz CT molecular complexity index is 583. The lowest BCUT2D eigenvalue weighted by molar-refractivity contribution is 0.0512. The maximum atomic E-state index is 11.4. The van der Waals surface area contributed by atoms with Crippen LogP contribution in [0, 0.1) is 0 Å². The molecule has 0 fully saturated rings. The average molecular weight is 286 g/mol. The molecule has 2 rings (SSSR count). The van der Waals surface area contributed by atoms with E-state index in [2.05, 4.69) is 10.1 Å². The van der Waals surface area contributed by atoms with E-state index in [0.717, 1.165) is 0 Å². The van der Waals surface area contributed by atoms with Crippen LogP contribution in [0.25, 0.3) is 5.69 Å². The summed E-state index contributed by atoms with van der Waals surface area (Å²) in [7, 11) is 0. The molecule has 2 aromatic rings. The van der Waals surface area contributed by atoms with Gasteiger partial charge in [-0.2, -0.15) is 0 Å². The second kappa shape index (κ2) is 5.37. The van der Waals surface area contributed by atoms with Crippen LogP contribution in [0.15, 0.2) is 24.5 Å². The number of halogens is 2. The Morgan fingerprint density at radius 2 is 2.17 bits per heavy atom. The van der Waals surface area contributed by atoms with Gasteiger partial charge in [-0.15, -0.1) is 5.10 Å². The number of ether oxygens (including phenoxy) is 1. The lowest BCUT2D eigenvalue weighted by Crippen LogP contribution is -2.07. The molecule has 0 spiro atoms. The van der Waals surface area contributed by atoms with Crippen molar-refractivity contribution >= 4 is 29.2 Å². The molecule has 0 radical (unpaired) electrons. The fourth-order valence-electron chi connectivity index (χ4n) is 1.30. The zero-order valence-corrected chi connectivity index (χ0v) is 10.9. The highest BCUT2D eigenvalue weighted by Gasteiger charge is 2.13. The number of carbonyl (C=O) groups excluding carboxylic acids is 1. The van der Waals surface area contributed by atoms with Crippen molar-refractivity contribution in [1.82, 2.24) is 14.8 Å². The monoisotopic (exact) mass is 285 g/mol. The molecule has 18 heavy (non-hydrogen) atoms. The number of rotatable bonds is 3. The Kier molecular flexibility index (Phi) is 3.84. The molecule has 0 aliphatic carbocycles. The zero-order chi connectivity index (χ0) is 13.1. The molecular formula is C11H9Cl2N3O2. The fraction of sp³-hybridized carbons (Fsp3) is 0.182. The van der Waals surface area contributed by atoms with Crippen LogP contribution in [0.5, 0.6) is 0 Å². The van der Waals surface area contributed by atoms with Crippen LogP contribution in [0.1, 0.15) is 17.5 Å². The van der Waals surface area contributed by atoms with Crippen LogP contribution in [0.3, 0.4) is 0 Å². The molecule has 0 aliphatic heterocycles. The van der Waals surface area contributed by atoms with E-state index in [1.54, 1.807) is 25.1 Å². The Balaban J connectivity index is 2.29. The predicted molar refractivity (Wildman–Crippen MR) is 67.3 cm³/mol. The quantitative estimate of drug-likeness (QED) is 0.814. The Morgan fingerprint density at radius 3 is 2.83 bits per heavy atom. The second-order valence-electron chi connectivity index (χ2n) is 3.33. The summed E-state index contributed by atoms with van der Waals surface area (Å²) in [6.45, 7) is 1.99. The van der Waals surface area contributed by atoms with E-state index >= 15 is 0 Å². The van der Waals surface area contributed by atoms with Crippen molar-refractivity contribution in [2.45, 2.75) is 6.92 Å².